The zero-order valence-corrected chi connectivity index (χ0v) is 12.2. The van der Waals surface area contributed by atoms with E-state index in [2.05, 4.69) is 29.4 Å². The Kier molecular flexibility index (Phi) is 5.77. The highest BCUT2D eigenvalue weighted by Crippen LogP contribution is 2.24. The average Bonchev–Trinajstić information content (AvgIpc) is 2.49. The maximum atomic E-state index is 5.82. The monoisotopic (exact) mass is 274 g/mol. The minimum Gasteiger partial charge on any atom is -0.477 e. The summed E-state index contributed by atoms with van der Waals surface area (Å²) in [5, 5.41) is 5.52. The number of aromatic nitrogens is 1. The molecular formula is C16H22N2O2. The van der Waals surface area contributed by atoms with Gasteiger partial charge in [0.05, 0.1) is 12.3 Å². The quantitative estimate of drug-likeness (QED) is 0.752. The zero-order chi connectivity index (χ0) is 14.2. The summed E-state index contributed by atoms with van der Waals surface area (Å²) in [6.45, 7) is 5.10. The topological polar surface area (TPSA) is 43.4 Å². The van der Waals surface area contributed by atoms with E-state index >= 15 is 0 Å². The number of fused-ring (bicyclic) bond motifs is 1. The van der Waals surface area contributed by atoms with Crippen LogP contribution in [0, 0.1) is 0 Å². The zero-order valence-electron chi connectivity index (χ0n) is 12.2. The Morgan fingerprint density at radius 1 is 1.20 bits per heavy atom. The predicted octanol–water partition coefficient (Wildman–Crippen LogP) is 2.76. The fraction of sp³-hybridized carbons (Fsp3) is 0.438. The van der Waals surface area contributed by atoms with E-state index in [1.54, 1.807) is 7.11 Å². The van der Waals surface area contributed by atoms with Gasteiger partial charge in [0, 0.05) is 32.1 Å². The maximum absolute atomic E-state index is 5.82. The van der Waals surface area contributed by atoms with Crippen LogP contribution in [0.25, 0.3) is 10.8 Å². The second-order valence-corrected chi connectivity index (χ2v) is 4.62. The van der Waals surface area contributed by atoms with Crippen molar-refractivity contribution in [1.29, 1.82) is 0 Å². The number of nitrogens with one attached hydrogen (secondary N) is 1. The maximum Gasteiger partial charge on any atom is 0.221 e. The van der Waals surface area contributed by atoms with Crippen molar-refractivity contribution >= 4 is 10.8 Å². The summed E-state index contributed by atoms with van der Waals surface area (Å²) in [5.41, 5.74) is 1.01. The molecule has 0 fully saturated rings. The van der Waals surface area contributed by atoms with Crippen LogP contribution in [0.5, 0.6) is 5.88 Å². The Hall–Kier alpha value is -1.65. The van der Waals surface area contributed by atoms with Crippen molar-refractivity contribution in [2.45, 2.75) is 19.9 Å². The van der Waals surface area contributed by atoms with Gasteiger partial charge in [0.1, 0.15) is 0 Å². The third-order valence-electron chi connectivity index (χ3n) is 3.05. The molecule has 0 amide bonds. The van der Waals surface area contributed by atoms with Crippen LogP contribution in [0.3, 0.4) is 0 Å². The minimum atomic E-state index is 0.621. The van der Waals surface area contributed by atoms with Crippen LogP contribution in [0.4, 0.5) is 0 Å². The number of nitrogens with zero attached hydrogens (tertiary/aromatic N) is 1. The van der Waals surface area contributed by atoms with Gasteiger partial charge in [-0.2, -0.15) is 0 Å². The summed E-state index contributed by atoms with van der Waals surface area (Å²) in [6.07, 6.45) is 0.865. The highest BCUT2D eigenvalue weighted by atomic mass is 16.5. The van der Waals surface area contributed by atoms with Crippen LogP contribution in [0.1, 0.15) is 19.0 Å². The normalized spacial score (nSPS) is 10.9. The molecule has 0 bridgehead atoms. The first-order chi connectivity index (χ1) is 9.85. The number of methoxy groups -OCH3 is 1. The average molecular weight is 274 g/mol. The van der Waals surface area contributed by atoms with Gasteiger partial charge in [-0.05, 0) is 24.1 Å². The molecule has 1 aromatic heterocycles. The van der Waals surface area contributed by atoms with Crippen LogP contribution in [0.15, 0.2) is 30.3 Å². The van der Waals surface area contributed by atoms with Gasteiger partial charge in [0.15, 0.2) is 0 Å². The lowest BCUT2D eigenvalue weighted by molar-refractivity contribution is 0.171. The Bertz CT molecular complexity index is 543. The lowest BCUT2D eigenvalue weighted by atomic mass is 10.1. The fourth-order valence-electron chi connectivity index (χ4n) is 2.05. The molecule has 1 heterocycles. The molecule has 1 N–H and O–H groups in total. The molecule has 4 heteroatoms. The largest absolute Gasteiger partial charge is 0.477 e. The van der Waals surface area contributed by atoms with E-state index in [0.717, 1.165) is 36.0 Å². The van der Waals surface area contributed by atoms with Crippen molar-refractivity contribution in [3.05, 3.63) is 36.0 Å². The summed E-state index contributed by atoms with van der Waals surface area (Å²) in [7, 11) is 1.70. The van der Waals surface area contributed by atoms with E-state index in [9.17, 15) is 0 Å². The lowest BCUT2D eigenvalue weighted by Crippen LogP contribution is -2.13. The van der Waals surface area contributed by atoms with E-state index in [1.807, 2.05) is 18.2 Å². The summed E-state index contributed by atoms with van der Waals surface area (Å²) >= 11 is 0. The third-order valence-corrected chi connectivity index (χ3v) is 3.05. The van der Waals surface area contributed by atoms with Gasteiger partial charge in [-0.1, -0.05) is 25.1 Å². The Morgan fingerprint density at radius 2 is 2.05 bits per heavy atom. The number of hydrogen-bond donors (Lipinski definition) is 1. The van der Waals surface area contributed by atoms with Gasteiger partial charge in [0.2, 0.25) is 5.88 Å². The van der Waals surface area contributed by atoms with Crippen LogP contribution >= 0.6 is 0 Å². The molecular weight excluding hydrogens is 252 g/mol. The van der Waals surface area contributed by atoms with E-state index in [1.165, 1.54) is 0 Å². The van der Waals surface area contributed by atoms with Crippen molar-refractivity contribution in [2.75, 3.05) is 26.9 Å². The molecule has 0 radical (unpaired) electrons. The number of rotatable bonds is 8. The molecule has 20 heavy (non-hydrogen) atoms. The third kappa shape index (κ3) is 3.92. The molecule has 0 aliphatic carbocycles. The van der Waals surface area contributed by atoms with Gasteiger partial charge >= 0.3 is 0 Å². The Labute approximate surface area is 120 Å². The minimum absolute atomic E-state index is 0.621. The second kappa shape index (κ2) is 7.82. The second-order valence-electron chi connectivity index (χ2n) is 4.62. The van der Waals surface area contributed by atoms with E-state index in [-0.39, 0.29) is 0 Å². The summed E-state index contributed by atoms with van der Waals surface area (Å²) in [5.74, 6) is 0.715. The predicted molar refractivity (Wildman–Crippen MR) is 81.1 cm³/mol. The van der Waals surface area contributed by atoms with Gasteiger partial charge in [0.25, 0.3) is 0 Å². The van der Waals surface area contributed by atoms with E-state index in [4.69, 9.17) is 9.47 Å². The molecule has 108 valence electrons. The van der Waals surface area contributed by atoms with Crippen LogP contribution in [-0.4, -0.2) is 31.9 Å². The molecule has 0 unspecified atom stereocenters. The molecule has 0 saturated carbocycles. The summed E-state index contributed by atoms with van der Waals surface area (Å²) < 4.78 is 10.9. The molecule has 1 aromatic carbocycles. The van der Waals surface area contributed by atoms with E-state index < -0.39 is 0 Å². The van der Waals surface area contributed by atoms with Gasteiger partial charge in [-0.25, -0.2) is 4.98 Å². The summed E-state index contributed by atoms with van der Waals surface area (Å²) in [4.78, 5) is 4.61. The molecule has 0 saturated heterocycles. The first kappa shape index (κ1) is 14.8. The van der Waals surface area contributed by atoms with Crippen molar-refractivity contribution < 1.29 is 9.47 Å². The van der Waals surface area contributed by atoms with Gasteiger partial charge in [-0.3, -0.25) is 0 Å². The van der Waals surface area contributed by atoms with Crippen LogP contribution in [-0.2, 0) is 11.3 Å². The molecule has 4 nitrogen and oxygen atoms in total. The molecule has 2 rings (SSSR count). The summed E-state index contributed by atoms with van der Waals surface area (Å²) in [6, 6.07) is 10.3. The molecule has 2 aromatic rings. The first-order valence-electron chi connectivity index (χ1n) is 7.06. The van der Waals surface area contributed by atoms with Crippen LogP contribution < -0.4 is 10.1 Å². The van der Waals surface area contributed by atoms with Gasteiger partial charge in [-0.15, -0.1) is 0 Å². The van der Waals surface area contributed by atoms with Gasteiger partial charge < -0.3 is 14.8 Å². The van der Waals surface area contributed by atoms with Crippen LogP contribution in [0.2, 0.25) is 0 Å². The highest BCUT2D eigenvalue weighted by Gasteiger charge is 2.06. The molecule has 0 spiro atoms. The molecule has 0 atom stereocenters. The standard InChI is InChI=1S/C16H22N2O2/c1-3-17-12-14-11-13-7-4-5-8-15(13)16(18-14)20-10-6-9-19-2/h4-5,7-8,11,17H,3,6,9-10,12H2,1-2H3. The number of hydrogen-bond acceptors (Lipinski definition) is 4. The number of pyridine rings is 1. The SMILES string of the molecule is CCNCc1cc2ccccc2c(OCCCOC)n1. The van der Waals surface area contributed by atoms with Crippen molar-refractivity contribution in [1.82, 2.24) is 10.3 Å². The molecule has 0 aliphatic heterocycles. The highest BCUT2D eigenvalue weighted by molar-refractivity contribution is 5.87. The first-order valence-corrected chi connectivity index (χ1v) is 7.06. The van der Waals surface area contributed by atoms with Crippen molar-refractivity contribution in [2.24, 2.45) is 0 Å². The smallest absolute Gasteiger partial charge is 0.221 e. The van der Waals surface area contributed by atoms with Crippen molar-refractivity contribution in [3.8, 4) is 5.88 Å². The Morgan fingerprint density at radius 3 is 2.85 bits per heavy atom. The number of benzene rings is 1. The van der Waals surface area contributed by atoms with Crippen molar-refractivity contribution in [3.63, 3.8) is 0 Å². The lowest BCUT2D eigenvalue weighted by Gasteiger charge is -2.11. The number of ether oxygens (including phenoxy) is 2. The molecule has 0 aliphatic rings. The Balaban J connectivity index is 2.19. The fourth-order valence-corrected chi connectivity index (χ4v) is 2.05. The van der Waals surface area contributed by atoms with E-state index in [0.29, 0.717) is 19.1 Å².